The van der Waals surface area contributed by atoms with Crippen LogP contribution in [0.25, 0.3) is 0 Å². The second kappa shape index (κ2) is 8.53. The summed E-state index contributed by atoms with van der Waals surface area (Å²) in [6.07, 6.45) is 1.94. The van der Waals surface area contributed by atoms with E-state index in [-0.39, 0.29) is 6.42 Å². The summed E-state index contributed by atoms with van der Waals surface area (Å²) in [5, 5.41) is 8.60. The average molecular weight is 265 g/mol. The molecule has 0 aromatic heterocycles. The molecule has 19 heavy (non-hydrogen) atoms. The molecule has 0 aliphatic heterocycles. The Hall–Kier alpha value is -1.55. The molecule has 1 aromatic rings. The van der Waals surface area contributed by atoms with Crippen molar-refractivity contribution in [3.8, 4) is 5.75 Å². The highest BCUT2D eigenvalue weighted by atomic mass is 16.5. The highest BCUT2D eigenvalue weighted by Crippen LogP contribution is 2.13. The smallest absolute Gasteiger partial charge is 0.303 e. The zero-order valence-corrected chi connectivity index (χ0v) is 11.8. The van der Waals surface area contributed by atoms with Gasteiger partial charge in [-0.15, -0.1) is 0 Å². The van der Waals surface area contributed by atoms with Crippen LogP contribution in [0.4, 0.5) is 0 Å². The van der Waals surface area contributed by atoms with E-state index in [1.807, 2.05) is 12.1 Å². The standard InChI is InChI=1S/C15H23NO3/c1-3-16(11-5-4-6-15(17)18)12-13-7-9-14(19-2)10-8-13/h7-10H,3-6,11-12H2,1-2H3,(H,17,18). The Morgan fingerprint density at radius 3 is 2.47 bits per heavy atom. The van der Waals surface area contributed by atoms with E-state index >= 15 is 0 Å². The van der Waals surface area contributed by atoms with Gasteiger partial charge in [-0.3, -0.25) is 9.69 Å². The lowest BCUT2D eigenvalue weighted by Gasteiger charge is -2.20. The summed E-state index contributed by atoms with van der Waals surface area (Å²) in [7, 11) is 1.66. The molecule has 0 saturated heterocycles. The van der Waals surface area contributed by atoms with Crippen molar-refractivity contribution < 1.29 is 14.6 Å². The topological polar surface area (TPSA) is 49.8 Å². The number of benzene rings is 1. The fourth-order valence-electron chi connectivity index (χ4n) is 1.95. The third-order valence-electron chi connectivity index (χ3n) is 3.13. The minimum Gasteiger partial charge on any atom is -0.497 e. The van der Waals surface area contributed by atoms with Gasteiger partial charge in [-0.05, 0) is 43.6 Å². The van der Waals surface area contributed by atoms with Gasteiger partial charge < -0.3 is 9.84 Å². The molecule has 0 unspecified atom stereocenters. The van der Waals surface area contributed by atoms with Crippen LogP contribution in [0, 0.1) is 0 Å². The molecule has 4 heteroatoms. The summed E-state index contributed by atoms with van der Waals surface area (Å²) in [5.41, 5.74) is 1.25. The first kappa shape index (κ1) is 15.5. The van der Waals surface area contributed by atoms with Gasteiger partial charge in [0.1, 0.15) is 5.75 Å². The summed E-state index contributed by atoms with van der Waals surface area (Å²) >= 11 is 0. The molecule has 0 aliphatic carbocycles. The van der Waals surface area contributed by atoms with Gasteiger partial charge in [0.15, 0.2) is 0 Å². The van der Waals surface area contributed by atoms with E-state index < -0.39 is 5.97 Å². The lowest BCUT2D eigenvalue weighted by Crippen LogP contribution is -2.24. The number of unbranched alkanes of at least 4 members (excludes halogenated alkanes) is 1. The number of hydrogen-bond donors (Lipinski definition) is 1. The Morgan fingerprint density at radius 1 is 1.26 bits per heavy atom. The van der Waals surface area contributed by atoms with Crippen molar-refractivity contribution in [3.63, 3.8) is 0 Å². The molecule has 106 valence electrons. The third-order valence-corrected chi connectivity index (χ3v) is 3.13. The van der Waals surface area contributed by atoms with Gasteiger partial charge in [-0.25, -0.2) is 0 Å². The van der Waals surface area contributed by atoms with Crippen LogP contribution in [0.1, 0.15) is 31.7 Å². The largest absolute Gasteiger partial charge is 0.497 e. The van der Waals surface area contributed by atoms with E-state index in [2.05, 4.69) is 24.0 Å². The fourth-order valence-corrected chi connectivity index (χ4v) is 1.95. The molecule has 0 saturated carbocycles. The first-order valence-electron chi connectivity index (χ1n) is 6.72. The van der Waals surface area contributed by atoms with Gasteiger partial charge in [0.05, 0.1) is 7.11 Å². The van der Waals surface area contributed by atoms with Crippen LogP contribution >= 0.6 is 0 Å². The first-order chi connectivity index (χ1) is 9.15. The monoisotopic (exact) mass is 265 g/mol. The van der Waals surface area contributed by atoms with Gasteiger partial charge >= 0.3 is 5.97 Å². The van der Waals surface area contributed by atoms with E-state index in [9.17, 15) is 4.79 Å². The number of rotatable bonds is 9. The van der Waals surface area contributed by atoms with Crippen LogP contribution < -0.4 is 4.74 Å². The maximum atomic E-state index is 10.4. The van der Waals surface area contributed by atoms with Crippen molar-refractivity contribution in [1.29, 1.82) is 0 Å². The second-order valence-corrected chi connectivity index (χ2v) is 4.57. The Morgan fingerprint density at radius 2 is 1.95 bits per heavy atom. The Balaban J connectivity index is 2.36. The van der Waals surface area contributed by atoms with Gasteiger partial charge in [0, 0.05) is 13.0 Å². The minimum atomic E-state index is -0.710. The van der Waals surface area contributed by atoms with Gasteiger partial charge in [-0.2, -0.15) is 0 Å². The van der Waals surface area contributed by atoms with E-state index in [0.29, 0.717) is 0 Å². The number of aliphatic carboxylic acids is 1. The molecule has 0 radical (unpaired) electrons. The lowest BCUT2D eigenvalue weighted by atomic mass is 10.2. The summed E-state index contributed by atoms with van der Waals surface area (Å²) in [4.78, 5) is 12.8. The maximum Gasteiger partial charge on any atom is 0.303 e. The molecule has 0 bridgehead atoms. The number of methoxy groups -OCH3 is 1. The normalized spacial score (nSPS) is 10.7. The summed E-state index contributed by atoms with van der Waals surface area (Å²) in [6.45, 7) is 4.93. The van der Waals surface area contributed by atoms with E-state index in [4.69, 9.17) is 9.84 Å². The van der Waals surface area contributed by atoms with Crippen molar-refractivity contribution in [2.24, 2.45) is 0 Å². The first-order valence-corrected chi connectivity index (χ1v) is 6.72. The van der Waals surface area contributed by atoms with Gasteiger partial charge in [-0.1, -0.05) is 19.1 Å². The highest BCUT2D eigenvalue weighted by molar-refractivity contribution is 5.66. The van der Waals surface area contributed by atoms with E-state index in [1.165, 1.54) is 5.56 Å². The van der Waals surface area contributed by atoms with Crippen LogP contribution in [0.3, 0.4) is 0 Å². The average Bonchev–Trinajstić information content (AvgIpc) is 2.42. The maximum absolute atomic E-state index is 10.4. The molecule has 1 N–H and O–H groups in total. The molecule has 0 atom stereocenters. The number of nitrogens with zero attached hydrogens (tertiary/aromatic N) is 1. The van der Waals surface area contributed by atoms with Crippen molar-refractivity contribution in [1.82, 2.24) is 4.90 Å². The van der Waals surface area contributed by atoms with Gasteiger partial charge in [0.2, 0.25) is 0 Å². The highest BCUT2D eigenvalue weighted by Gasteiger charge is 2.05. The predicted molar refractivity (Wildman–Crippen MR) is 75.4 cm³/mol. The molecule has 4 nitrogen and oxygen atoms in total. The number of carboxylic acid groups (broad SMARTS) is 1. The second-order valence-electron chi connectivity index (χ2n) is 4.57. The minimum absolute atomic E-state index is 0.264. The van der Waals surface area contributed by atoms with E-state index in [0.717, 1.165) is 38.2 Å². The summed E-state index contributed by atoms with van der Waals surface area (Å²) in [6, 6.07) is 8.07. The number of hydrogen-bond acceptors (Lipinski definition) is 3. The Bertz CT molecular complexity index is 375. The predicted octanol–water partition coefficient (Wildman–Crippen LogP) is 2.77. The third kappa shape index (κ3) is 6.25. The summed E-state index contributed by atoms with van der Waals surface area (Å²) < 4.78 is 5.13. The molecule has 0 amide bonds. The fraction of sp³-hybridized carbons (Fsp3) is 0.533. The van der Waals surface area contributed by atoms with Crippen LogP contribution in [0.15, 0.2) is 24.3 Å². The van der Waals surface area contributed by atoms with Crippen LogP contribution in [-0.4, -0.2) is 36.2 Å². The molecule has 0 fully saturated rings. The zero-order valence-electron chi connectivity index (χ0n) is 11.8. The SMILES string of the molecule is CCN(CCCCC(=O)O)Cc1ccc(OC)cc1. The lowest BCUT2D eigenvalue weighted by molar-refractivity contribution is -0.137. The Kier molecular flexibility index (Phi) is 6.97. The molecule has 1 rings (SSSR count). The molecule has 0 spiro atoms. The van der Waals surface area contributed by atoms with Crippen molar-refractivity contribution in [2.75, 3.05) is 20.2 Å². The van der Waals surface area contributed by atoms with Crippen LogP contribution in [-0.2, 0) is 11.3 Å². The van der Waals surface area contributed by atoms with E-state index in [1.54, 1.807) is 7.11 Å². The molecule has 1 aromatic carbocycles. The number of ether oxygens (including phenoxy) is 1. The molecule has 0 aliphatic rings. The van der Waals surface area contributed by atoms with Crippen molar-refractivity contribution in [2.45, 2.75) is 32.7 Å². The zero-order chi connectivity index (χ0) is 14.1. The molecule has 0 heterocycles. The number of carbonyl (C=O) groups is 1. The quantitative estimate of drug-likeness (QED) is 0.697. The van der Waals surface area contributed by atoms with Crippen molar-refractivity contribution >= 4 is 5.97 Å². The van der Waals surface area contributed by atoms with Crippen LogP contribution in [0.2, 0.25) is 0 Å². The van der Waals surface area contributed by atoms with Crippen LogP contribution in [0.5, 0.6) is 5.75 Å². The molecular weight excluding hydrogens is 242 g/mol. The summed E-state index contributed by atoms with van der Waals surface area (Å²) in [5.74, 6) is 0.159. The van der Waals surface area contributed by atoms with Crippen molar-refractivity contribution in [3.05, 3.63) is 29.8 Å². The molecular formula is C15H23NO3. The van der Waals surface area contributed by atoms with Gasteiger partial charge in [0.25, 0.3) is 0 Å². The Labute approximate surface area is 115 Å². The number of carboxylic acids is 1.